The zero-order chi connectivity index (χ0) is 17.6. The second-order valence-electron chi connectivity index (χ2n) is 5.85. The summed E-state index contributed by atoms with van der Waals surface area (Å²) in [6.45, 7) is 1.80. The lowest BCUT2D eigenvalue weighted by molar-refractivity contribution is -0.193. The standard InChI is InChI=1S/C18H15F2N3O2/c1-2-11-6-5-9-15-16(11)25-18(19,20)17(24)23(15)10-14-12-7-3-4-8-13(12)21-22-14/h3-9H,2,10H2,1H3,(H,21,22). The Kier molecular flexibility index (Phi) is 3.45. The molecule has 0 saturated carbocycles. The third kappa shape index (κ3) is 2.43. The number of halogens is 2. The highest BCUT2D eigenvalue weighted by Gasteiger charge is 2.51. The van der Waals surface area contributed by atoms with Crippen LogP contribution in [0.4, 0.5) is 14.5 Å². The van der Waals surface area contributed by atoms with E-state index in [2.05, 4.69) is 10.2 Å². The van der Waals surface area contributed by atoms with E-state index in [0.29, 0.717) is 28.9 Å². The Labute approximate surface area is 142 Å². The van der Waals surface area contributed by atoms with E-state index in [-0.39, 0.29) is 12.3 Å². The van der Waals surface area contributed by atoms with Crippen LogP contribution < -0.4 is 9.64 Å². The third-order valence-electron chi connectivity index (χ3n) is 4.33. The maximum atomic E-state index is 14.1. The smallest absolute Gasteiger partial charge is 0.423 e. The number of ether oxygens (including phenoxy) is 1. The van der Waals surface area contributed by atoms with Crippen molar-refractivity contribution in [3.8, 4) is 5.75 Å². The Balaban J connectivity index is 1.82. The molecule has 25 heavy (non-hydrogen) atoms. The molecule has 0 radical (unpaired) electrons. The number of nitrogens with zero attached hydrogens (tertiary/aromatic N) is 2. The topological polar surface area (TPSA) is 58.2 Å². The number of nitrogens with one attached hydrogen (secondary N) is 1. The summed E-state index contributed by atoms with van der Waals surface area (Å²) in [5, 5.41) is 7.78. The molecular weight excluding hydrogens is 328 g/mol. The molecule has 2 aromatic carbocycles. The zero-order valence-electron chi connectivity index (χ0n) is 13.4. The molecule has 1 aliphatic rings. The number of carbonyl (C=O) groups is 1. The molecule has 0 spiro atoms. The molecule has 0 unspecified atom stereocenters. The highest BCUT2D eigenvalue weighted by molar-refractivity contribution is 6.01. The maximum Gasteiger partial charge on any atom is 0.483 e. The van der Waals surface area contributed by atoms with E-state index in [1.54, 1.807) is 18.2 Å². The van der Waals surface area contributed by atoms with Crippen molar-refractivity contribution >= 4 is 22.5 Å². The summed E-state index contributed by atoms with van der Waals surface area (Å²) < 4.78 is 33.0. The number of carbonyl (C=O) groups excluding carboxylic acids is 1. The van der Waals surface area contributed by atoms with Gasteiger partial charge in [0.25, 0.3) is 0 Å². The number of rotatable bonds is 3. The fourth-order valence-corrected chi connectivity index (χ4v) is 3.07. The number of aryl methyl sites for hydroxylation is 1. The van der Waals surface area contributed by atoms with Gasteiger partial charge in [0.15, 0.2) is 5.75 Å². The number of hydrogen-bond acceptors (Lipinski definition) is 3. The van der Waals surface area contributed by atoms with Gasteiger partial charge in [0.1, 0.15) is 0 Å². The third-order valence-corrected chi connectivity index (χ3v) is 4.33. The monoisotopic (exact) mass is 343 g/mol. The summed E-state index contributed by atoms with van der Waals surface area (Å²) in [6.07, 6.45) is -3.37. The molecule has 2 heterocycles. The van der Waals surface area contributed by atoms with E-state index in [9.17, 15) is 13.6 Å². The van der Waals surface area contributed by atoms with Crippen LogP contribution in [0.25, 0.3) is 10.9 Å². The fourth-order valence-electron chi connectivity index (χ4n) is 3.07. The average molecular weight is 343 g/mol. The van der Waals surface area contributed by atoms with Gasteiger partial charge in [-0.25, -0.2) is 0 Å². The summed E-state index contributed by atoms with van der Waals surface area (Å²) in [4.78, 5) is 13.3. The van der Waals surface area contributed by atoms with Crippen molar-refractivity contribution < 1.29 is 18.3 Å². The van der Waals surface area contributed by atoms with Gasteiger partial charge in [0.2, 0.25) is 0 Å². The van der Waals surface area contributed by atoms with Crippen molar-refractivity contribution in [1.82, 2.24) is 10.2 Å². The molecule has 5 nitrogen and oxygen atoms in total. The van der Waals surface area contributed by atoms with E-state index in [4.69, 9.17) is 4.74 Å². The average Bonchev–Trinajstić information content (AvgIpc) is 3.01. The summed E-state index contributed by atoms with van der Waals surface area (Å²) >= 11 is 0. The number of anilines is 1. The van der Waals surface area contributed by atoms with Crippen LogP contribution in [-0.4, -0.2) is 22.2 Å². The number of aromatic nitrogens is 2. The molecule has 1 amide bonds. The van der Waals surface area contributed by atoms with Gasteiger partial charge in [-0.05, 0) is 24.1 Å². The van der Waals surface area contributed by atoms with Crippen molar-refractivity contribution in [3.63, 3.8) is 0 Å². The maximum absolute atomic E-state index is 14.1. The minimum atomic E-state index is -3.89. The van der Waals surface area contributed by atoms with Gasteiger partial charge >= 0.3 is 12.0 Å². The first-order valence-electron chi connectivity index (χ1n) is 7.94. The number of amides is 1. The second kappa shape index (κ2) is 5.54. The number of para-hydroxylation sites is 2. The highest BCUT2D eigenvalue weighted by atomic mass is 19.3. The highest BCUT2D eigenvalue weighted by Crippen LogP contribution is 2.42. The molecule has 3 aromatic rings. The van der Waals surface area contributed by atoms with E-state index < -0.39 is 12.0 Å². The lowest BCUT2D eigenvalue weighted by Gasteiger charge is -2.34. The molecule has 1 N–H and O–H groups in total. The molecule has 0 aliphatic carbocycles. The van der Waals surface area contributed by atoms with Crippen molar-refractivity contribution in [2.24, 2.45) is 0 Å². The van der Waals surface area contributed by atoms with Gasteiger partial charge < -0.3 is 4.74 Å². The van der Waals surface area contributed by atoms with Crippen LogP contribution in [0.5, 0.6) is 5.75 Å². The first-order chi connectivity index (χ1) is 12.0. The first kappa shape index (κ1) is 15.6. The molecule has 0 fully saturated rings. The quantitative estimate of drug-likeness (QED) is 0.790. The van der Waals surface area contributed by atoms with Gasteiger partial charge in [-0.15, -0.1) is 0 Å². The number of benzene rings is 2. The number of alkyl halides is 2. The van der Waals surface area contributed by atoms with Crippen LogP contribution in [0.1, 0.15) is 18.2 Å². The predicted molar refractivity (Wildman–Crippen MR) is 88.7 cm³/mol. The van der Waals surface area contributed by atoms with Crippen molar-refractivity contribution in [2.45, 2.75) is 26.0 Å². The van der Waals surface area contributed by atoms with Crippen molar-refractivity contribution in [1.29, 1.82) is 0 Å². The minimum Gasteiger partial charge on any atom is -0.423 e. The van der Waals surface area contributed by atoms with Crippen molar-refractivity contribution in [2.75, 3.05) is 4.90 Å². The SMILES string of the molecule is CCc1cccc2c1OC(F)(F)C(=O)N2Cc1[nH]nc2ccccc12. The van der Waals surface area contributed by atoms with Crippen LogP contribution in [-0.2, 0) is 17.8 Å². The van der Waals surface area contributed by atoms with Crippen LogP contribution in [0.15, 0.2) is 42.5 Å². The predicted octanol–water partition coefficient (Wildman–Crippen LogP) is 3.64. The van der Waals surface area contributed by atoms with Crippen LogP contribution in [0.2, 0.25) is 0 Å². The lowest BCUT2D eigenvalue weighted by atomic mass is 10.1. The summed E-state index contributed by atoms with van der Waals surface area (Å²) in [5.41, 5.74) is 2.28. The summed E-state index contributed by atoms with van der Waals surface area (Å²) in [5.74, 6) is -1.33. The largest absolute Gasteiger partial charge is 0.483 e. The Hall–Kier alpha value is -2.96. The Morgan fingerprint density at radius 1 is 1.20 bits per heavy atom. The van der Waals surface area contributed by atoms with E-state index in [0.717, 1.165) is 10.3 Å². The van der Waals surface area contributed by atoms with Gasteiger partial charge in [0, 0.05) is 5.39 Å². The molecule has 128 valence electrons. The number of H-pyrrole nitrogens is 1. The van der Waals surface area contributed by atoms with E-state index in [1.165, 1.54) is 0 Å². The molecule has 0 bridgehead atoms. The zero-order valence-corrected chi connectivity index (χ0v) is 13.4. The normalized spacial score (nSPS) is 16.0. The van der Waals surface area contributed by atoms with Crippen LogP contribution in [0.3, 0.4) is 0 Å². The van der Waals surface area contributed by atoms with Gasteiger partial charge in [-0.3, -0.25) is 14.8 Å². The van der Waals surface area contributed by atoms with E-state index >= 15 is 0 Å². The lowest BCUT2D eigenvalue weighted by Crippen LogP contribution is -2.50. The fraction of sp³-hybridized carbons (Fsp3) is 0.222. The van der Waals surface area contributed by atoms with Gasteiger partial charge in [0.05, 0.1) is 23.4 Å². The molecule has 1 aliphatic heterocycles. The number of fused-ring (bicyclic) bond motifs is 2. The molecule has 4 rings (SSSR count). The first-order valence-corrected chi connectivity index (χ1v) is 7.94. The summed E-state index contributed by atoms with van der Waals surface area (Å²) in [7, 11) is 0. The summed E-state index contributed by atoms with van der Waals surface area (Å²) in [6, 6.07) is 12.4. The number of aromatic amines is 1. The van der Waals surface area contributed by atoms with Gasteiger partial charge in [-0.2, -0.15) is 13.9 Å². The number of hydrogen-bond donors (Lipinski definition) is 1. The molecule has 0 saturated heterocycles. The minimum absolute atomic E-state index is 0.0432. The molecule has 1 aromatic heterocycles. The Bertz CT molecular complexity index is 968. The van der Waals surface area contributed by atoms with Crippen LogP contribution >= 0.6 is 0 Å². The van der Waals surface area contributed by atoms with Gasteiger partial charge in [-0.1, -0.05) is 37.3 Å². The van der Waals surface area contributed by atoms with Crippen molar-refractivity contribution in [3.05, 3.63) is 53.7 Å². The Morgan fingerprint density at radius 2 is 2.00 bits per heavy atom. The van der Waals surface area contributed by atoms with E-state index in [1.807, 2.05) is 31.2 Å². The molecule has 7 heteroatoms. The van der Waals surface area contributed by atoms with Crippen LogP contribution in [0, 0.1) is 0 Å². The Morgan fingerprint density at radius 3 is 2.80 bits per heavy atom. The second-order valence-corrected chi connectivity index (χ2v) is 5.85. The molecule has 0 atom stereocenters. The molecular formula is C18H15F2N3O2.